The van der Waals surface area contributed by atoms with Crippen LogP contribution in [0.5, 0.6) is 0 Å². The maximum Gasteiger partial charge on any atom is 0.268 e. The Balaban J connectivity index is 0.000000168. The van der Waals surface area contributed by atoms with E-state index in [0.29, 0.717) is 55.1 Å². The van der Waals surface area contributed by atoms with Gasteiger partial charge in [0.1, 0.15) is 23.3 Å². The van der Waals surface area contributed by atoms with Crippen LogP contribution in [0.4, 0.5) is 0 Å². The van der Waals surface area contributed by atoms with E-state index in [4.69, 9.17) is 34.7 Å². The van der Waals surface area contributed by atoms with Gasteiger partial charge in [-0.1, -0.05) is 47.5 Å². The van der Waals surface area contributed by atoms with E-state index in [1.54, 1.807) is 99.0 Å². The van der Waals surface area contributed by atoms with Crippen LogP contribution in [0.25, 0.3) is 33.4 Å². The lowest BCUT2D eigenvalue weighted by Gasteiger charge is -2.15. The van der Waals surface area contributed by atoms with E-state index in [9.17, 15) is 9.59 Å². The summed E-state index contributed by atoms with van der Waals surface area (Å²) in [6, 6.07) is 20.1. The van der Waals surface area contributed by atoms with Crippen molar-refractivity contribution < 1.29 is 0 Å². The van der Waals surface area contributed by atoms with Crippen molar-refractivity contribution in [1.82, 2.24) is 29.1 Å². The summed E-state index contributed by atoms with van der Waals surface area (Å²) in [6.07, 6.45) is 3.23. The van der Waals surface area contributed by atoms with Gasteiger partial charge in [-0.3, -0.25) is 9.59 Å². The minimum absolute atomic E-state index is 0.267. The van der Waals surface area contributed by atoms with Crippen molar-refractivity contribution in [2.24, 2.45) is 11.5 Å². The molecule has 0 aliphatic rings. The predicted molar refractivity (Wildman–Crippen MR) is 165 cm³/mol. The van der Waals surface area contributed by atoms with Crippen molar-refractivity contribution in [3.05, 3.63) is 128 Å². The summed E-state index contributed by atoms with van der Waals surface area (Å²) < 4.78 is 2.83. The molecule has 4 aromatic heterocycles. The zero-order valence-corrected chi connectivity index (χ0v) is 24.2. The molecule has 0 saturated heterocycles. The molecule has 0 aliphatic heterocycles. The maximum absolute atomic E-state index is 12.8. The molecule has 6 aromatic rings. The van der Waals surface area contributed by atoms with Crippen LogP contribution in [-0.4, -0.2) is 29.1 Å². The molecule has 4 N–H and O–H groups in total. The SMILES string of the molecule is C[C@H](N)c1nc2cccc(Cl)c2c(=O)n1-c1ccccn1.C[C@H](N)c1nc2cccc(Cl)c2c(=O)n1-c1ccccn1. The molecule has 0 radical (unpaired) electrons. The monoisotopic (exact) mass is 600 g/mol. The first kappa shape index (κ1) is 29.0. The largest absolute Gasteiger partial charge is 0.322 e. The Labute approximate surface area is 250 Å². The van der Waals surface area contributed by atoms with Crippen LogP contribution in [0.15, 0.2) is 94.8 Å². The van der Waals surface area contributed by atoms with Crippen molar-refractivity contribution in [2.75, 3.05) is 0 Å². The average molecular weight is 601 g/mol. The molecule has 0 fully saturated rings. The first-order valence-corrected chi connectivity index (χ1v) is 13.7. The van der Waals surface area contributed by atoms with Crippen LogP contribution >= 0.6 is 23.2 Å². The van der Waals surface area contributed by atoms with Gasteiger partial charge in [-0.05, 0) is 62.4 Å². The minimum atomic E-state index is -0.414. The highest BCUT2D eigenvalue weighted by Crippen LogP contribution is 2.22. The lowest BCUT2D eigenvalue weighted by atomic mass is 10.2. The molecule has 0 amide bonds. The Morgan fingerprint density at radius 1 is 0.619 bits per heavy atom. The number of nitrogens with zero attached hydrogens (tertiary/aromatic N) is 6. The Bertz CT molecular complexity index is 1860. The molecule has 0 aliphatic carbocycles. The number of hydrogen-bond donors (Lipinski definition) is 2. The number of benzene rings is 2. The summed E-state index contributed by atoms with van der Waals surface area (Å²) in [5.74, 6) is 1.86. The van der Waals surface area contributed by atoms with Crippen molar-refractivity contribution in [3.63, 3.8) is 0 Å². The summed E-state index contributed by atoms with van der Waals surface area (Å²) in [4.78, 5) is 43.0. The van der Waals surface area contributed by atoms with Gasteiger partial charge in [-0.25, -0.2) is 29.1 Å². The lowest BCUT2D eigenvalue weighted by Crippen LogP contribution is -2.28. The second-order valence-corrected chi connectivity index (χ2v) is 10.3. The number of pyridine rings is 2. The van der Waals surface area contributed by atoms with E-state index in [2.05, 4.69) is 19.9 Å². The smallest absolute Gasteiger partial charge is 0.268 e. The number of nitrogens with two attached hydrogens (primary N) is 2. The predicted octanol–water partition coefficient (Wildman–Crippen LogP) is 4.91. The van der Waals surface area contributed by atoms with Crippen LogP contribution in [0.2, 0.25) is 10.0 Å². The summed E-state index contributed by atoms with van der Waals surface area (Å²) in [5.41, 5.74) is 12.5. The third kappa shape index (κ3) is 5.53. The Hall–Kier alpha value is -4.48. The van der Waals surface area contributed by atoms with E-state index >= 15 is 0 Å². The highest BCUT2D eigenvalue weighted by molar-refractivity contribution is 6.35. The van der Waals surface area contributed by atoms with Gasteiger partial charge < -0.3 is 11.5 Å². The van der Waals surface area contributed by atoms with E-state index in [0.717, 1.165) is 0 Å². The third-order valence-electron chi connectivity index (χ3n) is 6.32. The van der Waals surface area contributed by atoms with Gasteiger partial charge in [-0.2, -0.15) is 0 Å². The topological polar surface area (TPSA) is 148 Å². The van der Waals surface area contributed by atoms with Gasteiger partial charge in [0.25, 0.3) is 11.1 Å². The van der Waals surface area contributed by atoms with Crippen LogP contribution in [0.3, 0.4) is 0 Å². The third-order valence-corrected chi connectivity index (χ3v) is 6.95. The Kier molecular flexibility index (Phi) is 8.41. The van der Waals surface area contributed by atoms with Crippen LogP contribution in [-0.2, 0) is 0 Å². The summed E-state index contributed by atoms with van der Waals surface area (Å²) in [7, 11) is 0. The first-order valence-electron chi connectivity index (χ1n) is 12.9. The van der Waals surface area contributed by atoms with Gasteiger partial charge in [0.15, 0.2) is 0 Å². The standard InChI is InChI=1S/2C15H13ClN4O/c2*1-9(17)14-19-11-6-4-5-10(16)13(11)15(21)20(14)12-7-2-3-8-18-12/h2*2-9H,17H2,1H3/t2*9-/m00/s1. The van der Waals surface area contributed by atoms with Crippen LogP contribution < -0.4 is 22.6 Å². The fourth-order valence-corrected chi connectivity index (χ4v) is 4.94. The molecule has 12 heteroatoms. The number of rotatable bonds is 4. The van der Waals surface area contributed by atoms with Crippen molar-refractivity contribution in [2.45, 2.75) is 25.9 Å². The molecule has 0 spiro atoms. The van der Waals surface area contributed by atoms with Crippen molar-refractivity contribution in [1.29, 1.82) is 0 Å². The molecule has 42 heavy (non-hydrogen) atoms. The molecular formula is C30H26Cl2N8O2. The molecule has 10 nitrogen and oxygen atoms in total. The average Bonchev–Trinajstić information content (AvgIpc) is 2.98. The Morgan fingerprint density at radius 2 is 1.02 bits per heavy atom. The minimum Gasteiger partial charge on any atom is -0.322 e. The molecule has 4 heterocycles. The molecule has 2 atom stereocenters. The van der Waals surface area contributed by atoms with Crippen LogP contribution in [0, 0.1) is 0 Å². The van der Waals surface area contributed by atoms with Crippen LogP contribution in [0.1, 0.15) is 37.6 Å². The highest BCUT2D eigenvalue weighted by atomic mass is 35.5. The summed E-state index contributed by atoms with van der Waals surface area (Å²) >= 11 is 12.3. The zero-order chi connectivity index (χ0) is 30.0. The quantitative estimate of drug-likeness (QED) is 0.290. The number of halogens is 2. The zero-order valence-electron chi connectivity index (χ0n) is 22.6. The van der Waals surface area contributed by atoms with Gasteiger partial charge >= 0.3 is 0 Å². The Morgan fingerprint density at radius 3 is 1.36 bits per heavy atom. The van der Waals surface area contributed by atoms with Gasteiger partial charge in [0.05, 0.1) is 43.9 Å². The fraction of sp³-hybridized carbons (Fsp3) is 0.133. The van der Waals surface area contributed by atoms with Crippen molar-refractivity contribution >= 4 is 45.0 Å². The molecule has 0 unspecified atom stereocenters. The van der Waals surface area contributed by atoms with Gasteiger partial charge in [0.2, 0.25) is 0 Å². The lowest BCUT2D eigenvalue weighted by molar-refractivity contribution is 0.689. The van der Waals surface area contributed by atoms with E-state index in [-0.39, 0.29) is 11.1 Å². The first-order chi connectivity index (χ1) is 20.2. The van der Waals surface area contributed by atoms with Crippen molar-refractivity contribution in [3.8, 4) is 11.6 Å². The fourth-order valence-electron chi connectivity index (χ4n) is 4.44. The molecule has 0 saturated carbocycles. The molecular weight excluding hydrogens is 575 g/mol. The van der Waals surface area contributed by atoms with Gasteiger partial charge in [0, 0.05) is 12.4 Å². The molecule has 0 bridgehead atoms. The number of fused-ring (bicyclic) bond motifs is 2. The number of aromatic nitrogens is 6. The normalized spacial score (nSPS) is 12.5. The maximum atomic E-state index is 12.8. The second-order valence-electron chi connectivity index (χ2n) is 9.44. The number of hydrogen-bond acceptors (Lipinski definition) is 8. The highest BCUT2D eigenvalue weighted by Gasteiger charge is 2.19. The van der Waals surface area contributed by atoms with E-state index in [1.807, 2.05) is 0 Å². The molecule has 212 valence electrons. The molecule has 6 rings (SSSR count). The molecule has 2 aromatic carbocycles. The second kappa shape index (κ2) is 12.2. The van der Waals surface area contributed by atoms with E-state index < -0.39 is 12.1 Å². The summed E-state index contributed by atoms with van der Waals surface area (Å²) in [5, 5.41) is 1.47. The van der Waals surface area contributed by atoms with E-state index in [1.165, 1.54) is 9.13 Å². The summed E-state index contributed by atoms with van der Waals surface area (Å²) in [6.45, 7) is 3.55. The van der Waals surface area contributed by atoms with Gasteiger partial charge in [-0.15, -0.1) is 0 Å².